The number of aliphatic hydroxyl groups excluding tert-OH is 1. The van der Waals surface area contributed by atoms with Crippen molar-refractivity contribution in [2.45, 2.75) is 122 Å². The van der Waals surface area contributed by atoms with Crippen LogP contribution < -0.4 is 0 Å². The van der Waals surface area contributed by atoms with Gasteiger partial charge in [-0.3, -0.25) is 9.59 Å². The number of unbranched alkanes of at least 4 members (excludes halogenated alkanes) is 6. The second kappa shape index (κ2) is 16.7. The highest BCUT2D eigenvalue weighted by atomic mass is 16.5. The molecule has 1 aliphatic rings. The van der Waals surface area contributed by atoms with Crippen molar-refractivity contribution in [3.05, 3.63) is 0 Å². The van der Waals surface area contributed by atoms with Crippen molar-refractivity contribution < 1.29 is 24.2 Å². The lowest BCUT2D eigenvalue weighted by atomic mass is 9.85. The minimum Gasteiger partial charge on any atom is -0.466 e. The van der Waals surface area contributed by atoms with Crippen LogP contribution in [0.4, 0.5) is 0 Å². The molecule has 0 heterocycles. The molecule has 1 aliphatic carbocycles. The molecule has 0 aromatic heterocycles. The number of Topliss-reactive ketones (excluding diaryl/α,β-unsaturated/α-hetero) is 1. The van der Waals surface area contributed by atoms with Gasteiger partial charge in [-0.15, -0.1) is 0 Å². The van der Waals surface area contributed by atoms with E-state index in [1.807, 2.05) is 0 Å². The molecular formula is C25H46O5. The Hall–Kier alpha value is -0.940. The van der Waals surface area contributed by atoms with Gasteiger partial charge in [0.2, 0.25) is 0 Å². The summed E-state index contributed by atoms with van der Waals surface area (Å²) in [6, 6.07) is 0. The van der Waals surface area contributed by atoms with Crippen LogP contribution in [0.2, 0.25) is 0 Å². The first-order valence-corrected chi connectivity index (χ1v) is 12.4. The Labute approximate surface area is 184 Å². The number of aliphatic hydroxyl groups is 1. The summed E-state index contributed by atoms with van der Waals surface area (Å²) in [7, 11) is 1.70. The standard InChI is InChI=1S/C25H46O5/c1-4-6-10-13-20(26)16-17-22-21(23(27)19-24(22)29-3)14-11-8-9-12-15-25(28)30-18-7-5-2/h20-22,24,26H,4-19H2,1-3H3/t20?,21-,22-,24-/m1/s1. The summed E-state index contributed by atoms with van der Waals surface area (Å²) >= 11 is 0. The molecule has 1 N–H and O–H groups in total. The lowest BCUT2D eigenvalue weighted by Crippen LogP contribution is -2.24. The van der Waals surface area contributed by atoms with E-state index in [9.17, 15) is 14.7 Å². The van der Waals surface area contributed by atoms with Crippen LogP contribution >= 0.6 is 0 Å². The molecular weight excluding hydrogens is 380 g/mol. The van der Waals surface area contributed by atoms with Gasteiger partial charge in [0.15, 0.2) is 0 Å². The Bertz CT molecular complexity index is 464. The molecule has 5 nitrogen and oxygen atoms in total. The van der Waals surface area contributed by atoms with Crippen molar-refractivity contribution >= 4 is 11.8 Å². The summed E-state index contributed by atoms with van der Waals surface area (Å²) in [4.78, 5) is 24.2. The average Bonchev–Trinajstić information content (AvgIpc) is 3.04. The minimum atomic E-state index is -0.262. The van der Waals surface area contributed by atoms with Gasteiger partial charge in [0, 0.05) is 25.9 Å². The maximum absolute atomic E-state index is 12.5. The number of rotatable bonds is 18. The number of hydrogen-bond donors (Lipinski definition) is 1. The van der Waals surface area contributed by atoms with E-state index in [1.54, 1.807) is 7.11 Å². The first-order chi connectivity index (χ1) is 14.5. The van der Waals surface area contributed by atoms with Crippen molar-refractivity contribution in [2.24, 2.45) is 11.8 Å². The fourth-order valence-electron chi connectivity index (χ4n) is 4.57. The minimum absolute atomic E-state index is 0.00299. The van der Waals surface area contributed by atoms with Crippen LogP contribution in [0.15, 0.2) is 0 Å². The molecule has 176 valence electrons. The molecule has 0 amide bonds. The lowest BCUT2D eigenvalue weighted by molar-refractivity contribution is -0.143. The Balaban J connectivity index is 2.28. The van der Waals surface area contributed by atoms with Crippen LogP contribution in [0.25, 0.3) is 0 Å². The number of ketones is 1. The predicted octanol–water partition coefficient (Wildman–Crippen LogP) is 5.61. The van der Waals surface area contributed by atoms with Crippen LogP contribution in [0.5, 0.6) is 0 Å². The van der Waals surface area contributed by atoms with Crippen LogP contribution in [0.3, 0.4) is 0 Å². The van der Waals surface area contributed by atoms with E-state index >= 15 is 0 Å². The molecule has 0 spiro atoms. The fourth-order valence-corrected chi connectivity index (χ4v) is 4.57. The molecule has 0 aliphatic heterocycles. The van der Waals surface area contributed by atoms with Crippen LogP contribution in [-0.2, 0) is 19.1 Å². The first-order valence-electron chi connectivity index (χ1n) is 12.4. The van der Waals surface area contributed by atoms with Gasteiger partial charge < -0.3 is 14.6 Å². The second-order valence-electron chi connectivity index (χ2n) is 8.97. The number of methoxy groups -OCH3 is 1. The Morgan fingerprint density at radius 1 is 1.00 bits per heavy atom. The summed E-state index contributed by atoms with van der Waals surface area (Å²) in [5.74, 6) is 0.537. The van der Waals surface area contributed by atoms with E-state index in [1.165, 1.54) is 6.42 Å². The largest absolute Gasteiger partial charge is 0.466 e. The molecule has 5 heteroatoms. The first kappa shape index (κ1) is 27.1. The summed E-state index contributed by atoms with van der Waals surface area (Å²) < 4.78 is 10.8. The highest BCUT2D eigenvalue weighted by Gasteiger charge is 2.41. The van der Waals surface area contributed by atoms with Gasteiger partial charge >= 0.3 is 5.97 Å². The third kappa shape index (κ3) is 10.9. The molecule has 0 saturated heterocycles. The molecule has 1 fully saturated rings. The summed E-state index contributed by atoms with van der Waals surface area (Å²) in [6.45, 7) is 4.79. The number of carbonyl (C=O) groups is 2. The molecule has 1 unspecified atom stereocenters. The quantitative estimate of drug-likeness (QED) is 0.228. The predicted molar refractivity (Wildman–Crippen MR) is 120 cm³/mol. The molecule has 0 radical (unpaired) electrons. The van der Waals surface area contributed by atoms with E-state index in [0.29, 0.717) is 25.2 Å². The fraction of sp³-hybridized carbons (Fsp3) is 0.920. The molecule has 4 atom stereocenters. The molecule has 0 aromatic carbocycles. The molecule has 1 rings (SSSR count). The topological polar surface area (TPSA) is 72.8 Å². The molecule has 1 saturated carbocycles. The van der Waals surface area contributed by atoms with Crippen molar-refractivity contribution in [1.29, 1.82) is 0 Å². The van der Waals surface area contributed by atoms with Crippen molar-refractivity contribution in [1.82, 2.24) is 0 Å². The van der Waals surface area contributed by atoms with Gasteiger partial charge in [0.05, 0.1) is 18.8 Å². The van der Waals surface area contributed by atoms with Gasteiger partial charge in [-0.1, -0.05) is 58.8 Å². The molecule has 0 aromatic rings. The monoisotopic (exact) mass is 426 g/mol. The molecule has 30 heavy (non-hydrogen) atoms. The second-order valence-corrected chi connectivity index (χ2v) is 8.97. The van der Waals surface area contributed by atoms with Crippen molar-refractivity contribution in [2.75, 3.05) is 13.7 Å². The highest BCUT2D eigenvalue weighted by Crippen LogP contribution is 2.38. The number of ether oxygens (including phenoxy) is 2. The average molecular weight is 427 g/mol. The van der Waals surface area contributed by atoms with Gasteiger partial charge in [-0.25, -0.2) is 0 Å². The van der Waals surface area contributed by atoms with E-state index in [-0.39, 0.29) is 30.0 Å². The van der Waals surface area contributed by atoms with E-state index in [0.717, 1.165) is 77.0 Å². The Morgan fingerprint density at radius 2 is 1.73 bits per heavy atom. The summed E-state index contributed by atoms with van der Waals surface area (Å²) in [5, 5.41) is 10.3. The van der Waals surface area contributed by atoms with Crippen LogP contribution in [0.1, 0.15) is 110 Å². The summed E-state index contributed by atoms with van der Waals surface area (Å²) in [6.07, 6.45) is 13.4. The normalized spacial score (nSPS) is 22.4. The summed E-state index contributed by atoms with van der Waals surface area (Å²) in [5.41, 5.74) is 0. The zero-order valence-corrected chi connectivity index (χ0v) is 19.7. The van der Waals surface area contributed by atoms with Gasteiger partial charge in [-0.2, -0.15) is 0 Å². The zero-order chi connectivity index (χ0) is 22.2. The number of hydrogen-bond acceptors (Lipinski definition) is 5. The van der Waals surface area contributed by atoms with Gasteiger partial charge in [0.1, 0.15) is 5.78 Å². The SMILES string of the molecule is CCCCCC(O)CC[C@H]1[C@H](OC)CC(=O)[C@@H]1CCCCCCC(=O)OCCCC. The van der Waals surface area contributed by atoms with Gasteiger partial charge in [-0.05, 0) is 44.4 Å². The maximum atomic E-state index is 12.5. The lowest BCUT2D eigenvalue weighted by Gasteiger charge is -2.24. The molecule has 0 bridgehead atoms. The van der Waals surface area contributed by atoms with Crippen LogP contribution in [0, 0.1) is 11.8 Å². The van der Waals surface area contributed by atoms with Gasteiger partial charge in [0.25, 0.3) is 0 Å². The zero-order valence-electron chi connectivity index (χ0n) is 19.7. The highest BCUT2D eigenvalue weighted by molar-refractivity contribution is 5.84. The number of esters is 1. The Morgan fingerprint density at radius 3 is 2.43 bits per heavy atom. The van der Waals surface area contributed by atoms with E-state index in [2.05, 4.69) is 13.8 Å². The maximum Gasteiger partial charge on any atom is 0.305 e. The Kier molecular flexibility index (Phi) is 15.1. The third-order valence-electron chi connectivity index (χ3n) is 6.49. The van der Waals surface area contributed by atoms with Crippen LogP contribution in [-0.4, -0.2) is 42.8 Å². The van der Waals surface area contributed by atoms with E-state index < -0.39 is 0 Å². The van der Waals surface area contributed by atoms with Crippen molar-refractivity contribution in [3.8, 4) is 0 Å². The number of carbonyl (C=O) groups excluding carboxylic acids is 2. The van der Waals surface area contributed by atoms with Crippen molar-refractivity contribution in [3.63, 3.8) is 0 Å². The smallest absolute Gasteiger partial charge is 0.305 e. The third-order valence-corrected chi connectivity index (χ3v) is 6.49. The van der Waals surface area contributed by atoms with E-state index in [4.69, 9.17) is 9.47 Å².